The molecule has 122 valence electrons. The molecular formula is C16H21N5O2. The van der Waals surface area contributed by atoms with Crippen LogP contribution in [-0.2, 0) is 13.6 Å². The van der Waals surface area contributed by atoms with E-state index in [0.717, 1.165) is 29.3 Å². The molecule has 0 aliphatic carbocycles. The third-order valence-electron chi connectivity index (χ3n) is 3.59. The molecule has 1 aliphatic rings. The fraction of sp³-hybridized carbons (Fsp3) is 0.375. The van der Waals surface area contributed by atoms with E-state index in [1.54, 1.807) is 13.2 Å². The van der Waals surface area contributed by atoms with Gasteiger partial charge in [-0.1, -0.05) is 0 Å². The summed E-state index contributed by atoms with van der Waals surface area (Å²) in [7, 11) is 3.65. The van der Waals surface area contributed by atoms with Crippen molar-refractivity contribution in [2.75, 3.05) is 25.6 Å². The number of aryl methyl sites for hydroxylation is 1. The third kappa shape index (κ3) is 3.74. The predicted octanol–water partition coefficient (Wildman–Crippen LogP) is 1.77. The third-order valence-corrected chi connectivity index (χ3v) is 3.59. The summed E-state index contributed by atoms with van der Waals surface area (Å²) < 4.78 is 13.2. The summed E-state index contributed by atoms with van der Waals surface area (Å²) >= 11 is 0. The Balaban J connectivity index is 1.65. The van der Waals surface area contributed by atoms with Crippen molar-refractivity contribution in [3.63, 3.8) is 0 Å². The van der Waals surface area contributed by atoms with Crippen LogP contribution in [0.3, 0.4) is 0 Å². The monoisotopic (exact) mass is 315 g/mol. The maximum absolute atomic E-state index is 5.70. The van der Waals surface area contributed by atoms with Crippen molar-refractivity contribution < 1.29 is 9.47 Å². The van der Waals surface area contributed by atoms with Gasteiger partial charge in [-0.05, 0) is 18.2 Å². The summed E-state index contributed by atoms with van der Waals surface area (Å²) in [6.45, 7) is 2.00. The lowest BCUT2D eigenvalue weighted by atomic mass is 10.2. The van der Waals surface area contributed by atoms with Crippen molar-refractivity contribution in [3.8, 4) is 11.5 Å². The van der Waals surface area contributed by atoms with Gasteiger partial charge in [0.25, 0.3) is 0 Å². The zero-order valence-electron chi connectivity index (χ0n) is 13.4. The van der Waals surface area contributed by atoms with Crippen LogP contribution in [0.5, 0.6) is 11.5 Å². The quantitative estimate of drug-likeness (QED) is 0.667. The Morgan fingerprint density at radius 1 is 1.26 bits per heavy atom. The van der Waals surface area contributed by atoms with E-state index >= 15 is 0 Å². The highest BCUT2D eigenvalue weighted by atomic mass is 16.5. The number of nitrogens with zero attached hydrogens (tertiary/aromatic N) is 3. The number of guanidine groups is 1. The molecule has 2 N–H and O–H groups in total. The zero-order chi connectivity index (χ0) is 16.1. The number of nitrogens with one attached hydrogen (secondary N) is 2. The molecule has 0 amide bonds. The molecule has 0 radical (unpaired) electrons. The molecule has 23 heavy (non-hydrogen) atoms. The summed E-state index contributed by atoms with van der Waals surface area (Å²) in [6, 6.07) is 7.76. The number of fused-ring (bicyclic) bond motifs is 1. The van der Waals surface area contributed by atoms with E-state index in [1.807, 2.05) is 36.0 Å². The maximum atomic E-state index is 5.70. The van der Waals surface area contributed by atoms with E-state index in [9.17, 15) is 0 Å². The molecule has 0 atom stereocenters. The minimum absolute atomic E-state index is 0.640. The average Bonchev–Trinajstić information content (AvgIpc) is 2.83. The molecule has 2 heterocycles. The SMILES string of the molecule is CN=C(NCc1ccnn1C)Nc1ccc2c(c1)OCCCO2. The summed E-state index contributed by atoms with van der Waals surface area (Å²) in [6.07, 6.45) is 2.67. The normalized spacial score (nSPS) is 14.3. The molecule has 2 aromatic rings. The van der Waals surface area contributed by atoms with Gasteiger partial charge in [0.05, 0.1) is 25.5 Å². The number of benzene rings is 1. The van der Waals surface area contributed by atoms with Gasteiger partial charge in [-0.25, -0.2) is 0 Å². The first-order chi connectivity index (χ1) is 11.3. The Labute approximate surface area is 135 Å². The minimum atomic E-state index is 0.640. The van der Waals surface area contributed by atoms with E-state index in [0.29, 0.717) is 25.7 Å². The van der Waals surface area contributed by atoms with Crippen molar-refractivity contribution >= 4 is 11.6 Å². The number of hydrogen-bond acceptors (Lipinski definition) is 4. The second-order valence-corrected chi connectivity index (χ2v) is 5.21. The Morgan fingerprint density at radius 3 is 2.83 bits per heavy atom. The van der Waals surface area contributed by atoms with E-state index in [-0.39, 0.29) is 0 Å². The van der Waals surface area contributed by atoms with Crippen molar-refractivity contribution in [1.82, 2.24) is 15.1 Å². The van der Waals surface area contributed by atoms with Gasteiger partial charge in [0, 0.05) is 38.5 Å². The smallest absolute Gasteiger partial charge is 0.195 e. The highest BCUT2D eigenvalue weighted by Gasteiger charge is 2.11. The molecule has 0 unspecified atom stereocenters. The fourth-order valence-electron chi connectivity index (χ4n) is 2.31. The molecule has 0 spiro atoms. The molecule has 7 nitrogen and oxygen atoms in total. The molecule has 1 aliphatic heterocycles. The molecule has 1 aromatic heterocycles. The molecule has 7 heteroatoms. The van der Waals surface area contributed by atoms with Crippen LogP contribution in [0.25, 0.3) is 0 Å². The zero-order valence-corrected chi connectivity index (χ0v) is 13.4. The molecular weight excluding hydrogens is 294 g/mol. The minimum Gasteiger partial charge on any atom is -0.490 e. The Bertz CT molecular complexity index is 696. The number of anilines is 1. The number of aliphatic imine (C=N–C) groups is 1. The highest BCUT2D eigenvalue weighted by molar-refractivity contribution is 5.93. The van der Waals surface area contributed by atoms with Crippen LogP contribution in [0.2, 0.25) is 0 Å². The van der Waals surface area contributed by atoms with Crippen molar-refractivity contribution in [2.45, 2.75) is 13.0 Å². The van der Waals surface area contributed by atoms with Crippen LogP contribution >= 0.6 is 0 Å². The van der Waals surface area contributed by atoms with Crippen LogP contribution in [0.15, 0.2) is 35.5 Å². The molecule has 0 saturated heterocycles. The molecule has 0 saturated carbocycles. The second-order valence-electron chi connectivity index (χ2n) is 5.21. The molecule has 1 aromatic carbocycles. The maximum Gasteiger partial charge on any atom is 0.195 e. The van der Waals surface area contributed by atoms with E-state index in [4.69, 9.17) is 9.47 Å². The van der Waals surface area contributed by atoms with Gasteiger partial charge < -0.3 is 20.1 Å². The van der Waals surface area contributed by atoms with E-state index in [1.165, 1.54) is 0 Å². The predicted molar refractivity (Wildman–Crippen MR) is 89.1 cm³/mol. The fourth-order valence-corrected chi connectivity index (χ4v) is 2.31. The van der Waals surface area contributed by atoms with Crippen LogP contribution < -0.4 is 20.1 Å². The lowest BCUT2D eigenvalue weighted by Gasteiger charge is -2.14. The summed E-state index contributed by atoms with van der Waals surface area (Å²) in [5, 5.41) is 10.7. The molecule has 3 rings (SSSR count). The number of rotatable bonds is 3. The number of hydrogen-bond donors (Lipinski definition) is 2. The first-order valence-electron chi connectivity index (χ1n) is 7.60. The topological polar surface area (TPSA) is 72.7 Å². The van der Waals surface area contributed by atoms with Crippen LogP contribution in [-0.4, -0.2) is 36.0 Å². The number of aromatic nitrogens is 2. The Kier molecular flexibility index (Phi) is 4.65. The van der Waals surface area contributed by atoms with Crippen LogP contribution in [0.1, 0.15) is 12.1 Å². The average molecular weight is 315 g/mol. The van der Waals surface area contributed by atoms with Gasteiger partial charge in [0.2, 0.25) is 0 Å². The standard InChI is InChI=1S/C16H21N5O2/c1-17-16(18-11-13-6-7-19-21(13)2)20-12-4-5-14-15(10-12)23-9-3-8-22-14/h4-7,10H,3,8-9,11H2,1-2H3,(H2,17,18,20). The number of ether oxygens (including phenoxy) is 2. The second kappa shape index (κ2) is 7.04. The highest BCUT2D eigenvalue weighted by Crippen LogP contribution is 2.32. The molecule has 0 fully saturated rings. The van der Waals surface area contributed by atoms with Crippen LogP contribution in [0.4, 0.5) is 5.69 Å². The largest absolute Gasteiger partial charge is 0.490 e. The lowest BCUT2D eigenvalue weighted by Crippen LogP contribution is -2.30. The Hall–Kier alpha value is -2.70. The molecule has 0 bridgehead atoms. The van der Waals surface area contributed by atoms with E-state index < -0.39 is 0 Å². The van der Waals surface area contributed by atoms with Gasteiger partial charge in [-0.2, -0.15) is 5.10 Å². The van der Waals surface area contributed by atoms with Gasteiger partial charge in [-0.15, -0.1) is 0 Å². The van der Waals surface area contributed by atoms with Crippen molar-refractivity contribution in [2.24, 2.45) is 12.0 Å². The van der Waals surface area contributed by atoms with Crippen molar-refractivity contribution in [3.05, 3.63) is 36.2 Å². The summed E-state index contributed by atoms with van der Waals surface area (Å²) in [5.41, 5.74) is 1.97. The first-order valence-corrected chi connectivity index (χ1v) is 7.60. The van der Waals surface area contributed by atoms with E-state index in [2.05, 4.69) is 20.7 Å². The van der Waals surface area contributed by atoms with Gasteiger partial charge in [-0.3, -0.25) is 9.67 Å². The first kappa shape index (κ1) is 15.2. The Morgan fingerprint density at radius 2 is 2.09 bits per heavy atom. The summed E-state index contributed by atoms with van der Waals surface area (Å²) in [5.74, 6) is 2.22. The van der Waals surface area contributed by atoms with Gasteiger partial charge >= 0.3 is 0 Å². The van der Waals surface area contributed by atoms with Crippen molar-refractivity contribution in [1.29, 1.82) is 0 Å². The van der Waals surface area contributed by atoms with Gasteiger partial charge in [0.1, 0.15) is 0 Å². The summed E-state index contributed by atoms with van der Waals surface area (Å²) in [4.78, 5) is 4.24. The van der Waals surface area contributed by atoms with Gasteiger partial charge in [0.15, 0.2) is 17.5 Å². The lowest BCUT2D eigenvalue weighted by molar-refractivity contribution is 0.297. The van der Waals surface area contributed by atoms with Crippen LogP contribution in [0, 0.1) is 0 Å².